The van der Waals surface area contributed by atoms with Crippen molar-refractivity contribution in [3.05, 3.63) is 75.5 Å². The summed E-state index contributed by atoms with van der Waals surface area (Å²) in [5.41, 5.74) is 1.74. The van der Waals surface area contributed by atoms with E-state index in [9.17, 15) is 9.18 Å². The molecule has 2 heterocycles. The van der Waals surface area contributed by atoms with E-state index in [1.807, 2.05) is 6.07 Å². The Labute approximate surface area is 140 Å². The Morgan fingerprint density at radius 3 is 2.96 bits per heavy atom. The fraction of sp³-hybridized carbons (Fsp3) is 0. The third kappa shape index (κ3) is 2.47. The van der Waals surface area contributed by atoms with E-state index in [-0.39, 0.29) is 16.9 Å². The first kappa shape index (κ1) is 14.6. The van der Waals surface area contributed by atoms with E-state index in [0.717, 1.165) is 10.2 Å². The van der Waals surface area contributed by atoms with E-state index in [2.05, 4.69) is 15.1 Å². The van der Waals surface area contributed by atoms with Crippen LogP contribution in [0.2, 0.25) is 5.02 Å². The number of aromatic nitrogens is 3. The number of nitrogens with zero attached hydrogens (tertiary/aromatic N) is 3. The summed E-state index contributed by atoms with van der Waals surface area (Å²) in [6.45, 7) is 0. The minimum atomic E-state index is -0.381. The number of nitrogens with one attached hydrogen (secondary N) is 1. The molecule has 0 saturated heterocycles. The fourth-order valence-corrected chi connectivity index (χ4v) is 2.71. The minimum Gasteiger partial charge on any atom is -0.349 e. The van der Waals surface area contributed by atoms with Gasteiger partial charge >= 0.3 is 0 Å². The van der Waals surface area contributed by atoms with Crippen LogP contribution in [0.3, 0.4) is 0 Å². The van der Waals surface area contributed by atoms with Crippen molar-refractivity contribution in [3.8, 4) is 0 Å². The second-order valence-corrected chi connectivity index (χ2v) is 5.67. The van der Waals surface area contributed by atoms with Crippen molar-refractivity contribution in [2.75, 3.05) is 0 Å². The summed E-state index contributed by atoms with van der Waals surface area (Å²) in [6.07, 6.45) is 2.83. The van der Waals surface area contributed by atoms with E-state index >= 15 is 0 Å². The standard InChI is InChI=1S/C17H10ClFN4O/c18-11-3-1-2-10(6-11)8-21-23-9-20-15-13-7-12(19)4-5-14(13)22-16(15)17(23)24/h1-9,22H/b21-8-. The molecule has 0 unspecified atom stereocenters. The molecule has 0 fully saturated rings. The van der Waals surface area contributed by atoms with E-state index in [1.165, 1.54) is 24.7 Å². The Balaban J connectivity index is 1.84. The lowest BCUT2D eigenvalue weighted by atomic mass is 10.2. The third-order valence-corrected chi connectivity index (χ3v) is 3.87. The van der Waals surface area contributed by atoms with Gasteiger partial charge in [-0.05, 0) is 35.9 Å². The first-order valence-corrected chi connectivity index (χ1v) is 7.48. The maximum atomic E-state index is 13.4. The average molecular weight is 341 g/mol. The minimum absolute atomic E-state index is 0.279. The molecule has 5 nitrogen and oxygen atoms in total. The lowest BCUT2D eigenvalue weighted by molar-refractivity contribution is 0.630. The predicted molar refractivity (Wildman–Crippen MR) is 92.3 cm³/mol. The first-order chi connectivity index (χ1) is 11.6. The zero-order valence-electron chi connectivity index (χ0n) is 12.2. The fourth-order valence-electron chi connectivity index (χ4n) is 2.52. The Bertz CT molecular complexity index is 1160. The van der Waals surface area contributed by atoms with Gasteiger partial charge in [-0.25, -0.2) is 9.37 Å². The second kappa shape index (κ2) is 5.58. The van der Waals surface area contributed by atoms with Gasteiger partial charge in [-0.3, -0.25) is 4.79 Å². The zero-order valence-corrected chi connectivity index (χ0v) is 13.0. The molecule has 0 bridgehead atoms. The molecule has 2 aromatic carbocycles. The van der Waals surface area contributed by atoms with Gasteiger partial charge in [-0.15, -0.1) is 0 Å². The normalized spacial score (nSPS) is 11.8. The molecule has 0 amide bonds. The Hall–Kier alpha value is -2.99. The van der Waals surface area contributed by atoms with Crippen molar-refractivity contribution < 1.29 is 4.39 Å². The number of benzene rings is 2. The van der Waals surface area contributed by atoms with E-state index < -0.39 is 0 Å². The van der Waals surface area contributed by atoms with Crippen molar-refractivity contribution in [2.24, 2.45) is 5.10 Å². The molecule has 2 aromatic heterocycles. The van der Waals surface area contributed by atoms with Crippen LogP contribution < -0.4 is 5.56 Å². The largest absolute Gasteiger partial charge is 0.349 e. The maximum Gasteiger partial charge on any atom is 0.298 e. The predicted octanol–water partition coefficient (Wildman–Crippen LogP) is 3.55. The highest BCUT2D eigenvalue weighted by Crippen LogP contribution is 2.22. The number of rotatable bonds is 2. The van der Waals surface area contributed by atoms with Crippen LogP contribution in [0.4, 0.5) is 4.39 Å². The zero-order chi connectivity index (χ0) is 16.7. The SMILES string of the molecule is O=c1c2[nH]c3ccc(F)cc3c2ncn1/N=C\c1cccc(Cl)c1. The first-order valence-electron chi connectivity index (χ1n) is 7.10. The van der Waals surface area contributed by atoms with Gasteiger partial charge in [0.15, 0.2) is 0 Å². The molecule has 0 aliphatic carbocycles. The summed E-state index contributed by atoms with van der Waals surface area (Å²) in [4.78, 5) is 19.7. The van der Waals surface area contributed by atoms with Crippen LogP contribution in [0.5, 0.6) is 0 Å². The monoisotopic (exact) mass is 340 g/mol. The van der Waals surface area contributed by atoms with Crippen LogP contribution in [-0.4, -0.2) is 20.9 Å². The smallest absolute Gasteiger partial charge is 0.298 e. The van der Waals surface area contributed by atoms with Crippen molar-refractivity contribution in [2.45, 2.75) is 0 Å². The highest BCUT2D eigenvalue weighted by Gasteiger charge is 2.11. The van der Waals surface area contributed by atoms with Gasteiger partial charge < -0.3 is 4.98 Å². The van der Waals surface area contributed by atoms with Crippen molar-refractivity contribution in [3.63, 3.8) is 0 Å². The lowest BCUT2D eigenvalue weighted by Crippen LogP contribution is -2.17. The number of halogens is 2. The van der Waals surface area contributed by atoms with Gasteiger partial charge in [0.2, 0.25) is 0 Å². The van der Waals surface area contributed by atoms with Gasteiger partial charge in [0, 0.05) is 15.9 Å². The highest BCUT2D eigenvalue weighted by molar-refractivity contribution is 6.30. The van der Waals surface area contributed by atoms with Crippen LogP contribution >= 0.6 is 11.6 Å². The third-order valence-electron chi connectivity index (χ3n) is 3.63. The molecule has 0 atom stereocenters. The summed E-state index contributed by atoms with van der Waals surface area (Å²) in [5.74, 6) is -0.381. The van der Waals surface area contributed by atoms with Gasteiger partial charge in [-0.2, -0.15) is 9.78 Å². The van der Waals surface area contributed by atoms with Crippen LogP contribution in [0, 0.1) is 5.82 Å². The van der Waals surface area contributed by atoms with E-state index in [1.54, 1.807) is 24.3 Å². The molecular weight excluding hydrogens is 331 g/mol. The molecule has 24 heavy (non-hydrogen) atoms. The van der Waals surface area contributed by atoms with Crippen molar-refractivity contribution in [1.82, 2.24) is 14.6 Å². The molecule has 4 aromatic rings. The topological polar surface area (TPSA) is 63.0 Å². The summed E-state index contributed by atoms with van der Waals surface area (Å²) in [6, 6.07) is 11.3. The number of fused-ring (bicyclic) bond motifs is 3. The summed E-state index contributed by atoms with van der Waals surface area (Å²) in [5, 5.41) is 5.26. The molecule has 0 saturated carbocycles. The highest BCUT2D eigenvalue weighted by atomic mass is 35.5. The van der Waals surface area contributed by atoms with Gasteiger partial charge in [0.05, 0.1) is 6.21 Å². The van der Waals surface area contributed by atoms with Gasteiger partial charge in [-0.1, -0.05) is 23.7 Å². The Kier molecular flexibility index (Phi) is 3.39. The molecule has 0 spiro atoms. The molecule has 7 heteroatoms. The van der Waals surface area contributed by atoms with E-state index in [4.69, 9.17) is 11.6 Å². The van der Waals surface area contributed by atoms with Crippen LogP contribution in [0.25, 0.3) is 21.9 Å². The summed E-state index contributed by atoms with van der Waals surface area (Å²) in [7, 11) is 0. The number of H-pyrrole nitrogens is 1. The molecule has 118 valence electrons. The van der Waals surface area contributed by atoms with Crippen LogP contribution in [-0.2, 0) is 0 Å². The van der Waals surface area contributed by atoms with Crippen molar-refractivity contribution in [1.29, 1.82) is 0 Å². The van der Waals surface area contributed by atoms with Crippen LogP contribution in [0.15, 0.2) is 58.7 Å². The van der Waals surface area contributed by atoms with Gasteiger partial charge in [0.1, 0.15) is 23.2 Å². The molecule has 0 aliphatic rings. The molecule has 0 aliphatic heterocycles. The second-order valence-electron chi connectivity index (χ2n) is 5.23. The number of aromatic amines is 1. The Morgan fingerprint density at radius 1 is 1.25 bits per heavy atom. The number of hydrogen-bond donors (Lipinski definition) is 1. The number of hydrogen-bond acceptors (Lipinski definition) is 3. The summed E-state index contributed by atoms with van der Waals surface area (Å²) < 4.78 is 14.5. The van der Waals surface area contributed by atoms with E-state index in [0.29, 0.717) is 21.4 Å². The molecule has 1 N–H and O–H groups in total. The summed E-state index contributed by atoms with van der Waals surface area (Å²) >= 11 is 5.92. The lowest BCUT2D eigenvalue weighted by Gasteiger charge is -1.98. The maximum absolute atomic E-state index is 13.4. The molecule has 4 rings (SSSR count). The molecule has 0 radical (unpaired) electrons. The van der Waals surface area contributed by atoms with Gasteiger partial charge in [0.25, 0.3) is 5.56 Å². The van der Waals surface area contributed by atoms with Crippen LogP contribution in [0.1, 0.15) is 5.56 Å². The average Bonchev–Trinajstić information content (AvgIpc) is 2.93. The van der Waals surface area contributed by atoms with Crippen molar-refractivity contribution >= 4 is 39.8 Å². The molecular formula is C17H10ClFN4O. The Morgan fingerprint density at radius 2 is 2.12 bits per heavy atom. The quantitative estimate of drug-likeness (QED) is 0.567.